The maximum absolute atomic E-state index is 12.5. The summed E-state index contributed by atoms with van der Waals surface area (Å²) < 4.78 is 12.5. The number of nitrogens with zero attached hydrogens (tertiary/aromatic N) is 3. The summed E-state index contributed by atoms with van der Waals surface area (Å²) in [7, 11) is 1.30. The highest BCUT2D eigenvalue weighted by Crippen LogP contribution is 2.37. The van der Waals surface area contributed by atoms with E-state index < -0.39 is 16.5 Å². The van der Waals surface area contributed by atoms with Gasteiger partial charge in [-0.1, -0.05) is 0 Å². The Morgan fingerprint density at radius 1 is 1.22 bits per heavy atom. The molecule has 0 radical (unpaired) electrons. The molecule has 1 aliphatic heterocycles. The number of hydrogen-bond acceptors (Lipinski definition) is 6. The molecule has 32 heavy (non-hydrogen) atoms. The molecule has 1 aromatic heterocycles. The predicted molar refractivity (Wildman–Crippen MR) is 120 cm³/mol. The van der Waals surface area contributed by atoms with E-state index in [0.717, 1.165) is 24.1 Å². The Balaban J connectivity index is 1.90. The number of ether oxygens (including phenoxy) is 2. The summed E-state index contributed by atoms with van der Waals surface area (Å²) in [6.45, 7) is 10.7. The van der Waals surface area contributed by atoms with Crippen LogP contribution < -0.4 is 0 Å². The SMILES string of the molecule is COC(=O)c1c(C)n(C(C)C2CCN(C(=O)OC(C)(C)C)CC2)c2ccc([N+](=O)[O-])cc12. The molecule has 0 N–H and O–H groups in total. The monoisotopic (exact) mass is 445 g/mol. The number of nitro groups is 1. The van der Waals surface area contributed by atoms with Crippen molar-refractivity contribution in [3.63, 3.8) is 0 Å². The molecule has 1 aromatic carbocycles. The number of fused-ring (bicyclic) bond motifs is 1. The van der Waals surface area contributed by atoms with Crippen molar-refractivity contribution < 1.29 is 24.0 Å². The molecule has 1 aliphatic rings. The van der Waals surface area contributed by atoms with Gasteiger partial charge in [0.05, 0.1) is 17.6 Å². The number of aromatic nitrogens is 1. The van der Waals surface area contributed by atoms with Crippen molar-refractivity contribution in [2.45, 2.75) is 59.1 Å². The van der Waals surface area contributed by atoms with Crippen molar-refractivity contribution in [3.05, 3.63) is 39.6 Å². The fraction of sp³-hybridized carbons (Fsp3) is 0.565. The van der Waals surface area contributed by atoms with Crippen molar-refractivity contribution in [2.24, 2.45) is 5.92 Å². The first-order chi connectivity index (χ1) is 14.9. The van der Waals surface area contributed by atoms with Gasteiger partial charge in [0.25, 0.3) is 5.69 Å². The van der Waals surface area contributed by atoms with Gasteiger partial charge in [-0.3, -0.25) is 10.1 Å². The summed E-state index contributed by atoms with van der Waals surface area (Å²) in [5.74, 6) is -0.248. The van der Waals surface area contributed by atoms with Crippen LogP contribution in [0.2, 0.25) is 0 Å². The lowest BCUT2D eigenvalue weighted by Crippen LogP contribution is -2.42. The first kappa shape index (κ1) is 23.6. The number of piperidine rings is 1. The van der Waals surface area contributed by atoms with Gasteiger partial charge >= 0.3 is 12.1 Å². The number of likely N-dealkylation sites (tertiary alicyclic amines) is 1. The molecule has 3 rings (SSSR count). The fourth-order valence-corrected chi connectivity index (χ4v) is 4.53. The Kier molecular flexibility index (Phi) is 6.48. The van der Waals surface area contributed by atoms with E-state index in [1.165, 1.54) is 19.2 Å². The fourth-order valence-electron chi connectivity index (χ4n) is 4.53. The highest BCUT2D eigenvalue weighted by Gasteiger charge is 2.32. The van der Waals surface area contributed by atoms with Gasteiger partial charge in [-0.2, -0.15) is 0 Å². The molecule has 9 heteroatoms. The number of non-ortho nitro benzene ring substituents is 1. The zero-order chi connectivity index (χ0) is 23.8. The van der Waals surface area contributed by atoms with Gasteiger partial charge in [-0.15, -0.1) is 0 Å². The molecule has 0 saturated carbocycles. The number of nitro benzene ring substituents is 1. The maximum atomic E-state index is 12.5. The molecular formula is C23H31N3O6. The number of methoxy groups -OCH3 is 1. The van der Waals surface area contributed by atoms with Gasteiger partial charge in [0, 0.05) is 47.9 Å². The van der Waals surface area contributed by atoms with Crippen molar-refractivity contribution in [2.75, 3.05) is 20.2 Å². The molecule has 0 bridgehead atoms. The third kappa shape index (κ3) is 4.56. The number of carbonyl (C=O) groups excluding carboxylic acids is 2. The van der Waals surface area contributed by atoms with Crippen molar-refractivity contribution >= 4 is 28.7 Å². The normalized spacial score (nSPS) is 16.1. The van der Waals surface area contributed by atoms with E-state index in [0.29, 0.717) is 24.0 Å². The van der Waals surface area contributed by atoms with E-state index in [9.17, 15) is 19.7 Å². The molecule has 1 fully saturated rings. The minimum atomic E-state index is -0.532. The molecule has 2 heterocycles. The van der Waals surface area contributed by atoms with Crippen LogP contribution in [-0.4, -0.2) is 52.3 Å². The summed E-state index contributed by atoms with van der Waals surface area (Å²) in [5, 5.41) is 11.8. The van der Waals surface area contributed by atoms with E-state index in [1.807, 2.05) is 27.7 Å². The average Bonchev–Trinajstić information content (AvgIpc) is 3.02. The number of amides is 1. The van der Waals surface area contributed by atoms with Crippen molar-refractivity contribution in [3.8, 4) is 0 Å². The van der Waals surface area contributed by atoms with Crippen LogP contribution in [0.4, 0.5) is 10.5 Å². The Bertz CT molecular complexity index is 1040. The van der Waals surface area contributed by atoms with Crippen molar-refractivity contribution in [1.82, 2.24) is 9.47 Å². The van der Waals surface area contributed by atoms with Crippen LogP contribution in [0.1, 0.15) is 62.6 Å². The Morgan fingerprint density at radius 3 is 2.38 bits per heavy atom. The summed E-state index contributed by atoms with van der Waals surface area (Å²) in [4.78, 5) is 37.4. The van der Waals surface area contributed by atoms with Crippen LogP contribution in [0.5, 0.6) is 0 Å². The summed E-state index contributed by atoms with van der Waals surface area (Å²) in [6, 6.07) is 4.61. The summed E-state index contributed by atoms with van der Waals surface area (Å²) in [6.07, 6.45) is 1.28. The molecule has 0 spiro atoms. The highest BCUT2D eigenvalue weighted by atomic mass is 16.6. The topological polar surface area (TPSA) is 104 Å². The molecule has 1 atom stereocenters. The first-order valence-electron chi connectivity index (χ1n) is 10.8. The largest absolute Gasteiger partial charge is 0.465 e. The van der Waals surface area contributed by atoms with E-state index in [2.05, 4.69) is 11.5 Å². The molecule has 1 unspecified atom stereocenters. The lowest BCUT2D eigenvalue weighted by molar-refractivity contribution is -0.384. The van der Waals surface area contributed by atoms with Crippen LogP contribution in [0, 0.1) is 23.0 Å². The number of carbonyl (C=O) groups is 2. The van der Waals surface area contributed by atoms with Gasteiger partial charge in [0.2, 0.25) is 0 Å². The first-order valence-corrected chi connectivity index (χ1v) is 10.8. The van der Waals surface area contributed by atoms with Crippen LogP contribution in [0.15, 0.2) is 18.2 Å². The van der Waals surface area contributed by atoms with Gasteiger partial charge in [-0.25, -0.2) is 9.59 Å². The van der Waals surface area contributed by atoms with Crippen LogP contribution >= 0.6 is 0 Å². The molecule has 1 saturated heterocycles. The third-order valence-electron chi connectivity index (χ3n) is 6.11. The third-order valence-corrected chi connectivity index (χ3v) is 6.11. The maximum Gasteiger partial charge on any atom is 0.410 e. The highest BCUT2D eigenvalue weighted by molar-refractivity contribution is 6.06. The van der Waals surface area contributed by atoms with Gasteiger partial charge in [0.1, 0.15) is 5.60 Å². The van der Waals surface area contributed by atoms with E-state index in [4.69, 9.17) is 9.47 Å². The van der Waals surface area contributed by atoms with Crippen LogP contribution in [-0.2, 0) is 9.47 Å². The molecule has 1 amide bonds. The van der Waals surface area contributed by atoms with Crippen LogP contribution in [0.3, 0.4) is 0 Å². The molecule has 0 aliphatic carbocycles. The van der Waals surface area contributed by atoms with E-state index >= 15 is 0 Å². The lowest BCUT2D eigenvalue weighted by atomic mass is 9.90. The Hall–Kier alpha value is -3.10. The summed E-state index contributed by atoms with van der Waals surface area (Å²) in [5.41, 5.74) is 1.22. The number of hydrogen-bond donors (Lipinski definition) is 0. The van der Waals surface area contributed by atoms with Crippen molar-refractivity contribution in [1.29, 1.82) is 0 Å². The standard InChI is InChI=1S/C23H31N3O6/c1-14(16-9-11-24(12-10-16)22(28)32-23(3,4)5)25-15(2)20(21(27)31-6)18-13-17(26(29)30)7-8-19(18)25/h7-8,13-14,16H,9-12H2,1-6H3. The summed E-state index contributed by atoms with van der Waals surface area (Å²) >= 11 is 0. The minimum Gasteiger partial charge on any atom is -0.465 e. The predicted octanol–water partition coefficient (Wildman–Crippen LogP) is 4.85. The van der Waals surface area contributed by atoms with E-state index in [1.54, 1.807) is 11.0 Å². The zero-order valence-corrected chi connectivity index (χ0v) is 19.5. The number of esters is 1. The second-order valence-electron chi connectivity index (χ2n) is 9.33. The molecular weight excluding hydrogens is 414 g/mol. The van der Waals surface area contributed by atoms with E-state index in [-0.39, 0.29) is 23.7 Å². The molecule has 2 aromatic rings. The molecule has 9 nitrogen and oxygen atoms in total. The van der Waals surface area contributed by atoms with Gasteiger partial charge in [0.15, 0.2) is 0 Å². The number of benzene rings is 1. The van der Waals surface area contributed by atoms with Gasteiger partial charge < -0.3 is 18.9 Å². The molecule has 174 valence electrons. The Morgan fingerprint density at radius 2 is 1.84 bits per heavy atom. The minimum absolute atomic E-state index is 0.0261. The second-order valence-corrected chi connectivity index (χ2v) is 9.33. The quantitative estimate of drug-likeness (QED) is 0.378. The van der Waals surface area contributed by atoms with Crippen LogP contribution in [0.25, 0.3) is 10.9 Å². The number of rotatable bonds is 4. The Labute approximate surface area is 187 Å². The smallest absolute Gasteiger partial charge is 0.410 e. The van der Waals surface area contributed by atoms with Gasteiger partial charge in [-0.05, 0) is 59.4 Å². The zero-order valence-electron chi connectivity index (χ0n) is 19.5. The lowest BCUT2D eigenvalue weighted by Gasteiger charge is -2.36. The second kappa shape index (κ2) is 8.80. The average molecular weight is 446 g/mol.